The molecule has 0 radical (unpaired) electrons. The van der Waals surface area contributed by atoms with Crippen LogP contribution in [0.3, 0.4) is 0 Å². The zero-order valence-corrected chi connectivity index (χ0v) is 8.54. The molecule has 1 aromatic rings. The Labute approximate surface area is 85.5 Å². The van der Waals surface area contributed by atoms with E-state index in [0.717, 1.165) is 6.07 Å². The maximum absolute atomic E-state index is 12.2. The molecule has 0 bridgehead atoms. The molecule has 0 spiro atoms. The number of rotatable bonds is 3. The van der Waals surface area contributed by atoms with E-state index in [1.165, 1.54) is 10.9 Å². The molecule has 0 atom stereocenters. The van der Waals surface area contributed by atoms with Crippen molar-refractivity contribution >= 4 is 0 Å². The molecule has 1 aromatic heterocycles. The summed E-state index contributed by atoms with van der Waals surface area (Å²) >= 11 is 0. The lowest BCUT2D eigenvalue weighted by molar-refractivity contribution is -0.141. The molecule has 86 valence electrons. The van der Waals surface area contributed by atoms with Crippen LogP contribution >= 0.6 is 0 Å². The van der Waals surface area contributed by atoms with Crippen LogP contribution in [0.2, 0.25) is 0 Å². The van der Waals surface area contributed by atoms with Crippen molar-refractivity contribution in [3.63, 3.8) is 0 Å². The lowest BCUT2D eigenvalue weighted by Gasteiger charge is -2.16. The number of hydrogen-bond acceptors (Lipinski definition) is 2. The minimum absolute atomic E-state index is 0.263. The summed E-state index contributed by atoms with van der Waals surface area (Å²) in [7, 11) is 0. The SMILES string of the molecule is CC(C)(O)CCn1ccc(C(F)(F)F)n1. The Bertz CT molecular complexity index is 325. The van der Waals surface area contributed by atoms with Crippen molar-refractivity contribution in [1.82, 2.24) is 9.78 Å². The molecule has 15 heavy (non-hydrogen) atoms. The molecule has 6 heteroatoms. The number of aromatic nitrogens is 2. The van der Waals surface area contributed by atoms with Gasteiger partial charge in [-0.15, -0.1) is 0 Å². The van der Waals surface area contributed by atoms with Crippen molar-refractivity contribution in [2.45, 2.75) is 38.6 Å². The second-order valence-electron chi connectivity index (χ2n) is 4.02. The fourth-order valence-electron chi connectivity index (χ4n) is 1.03. The highest BCUT2D eigenvalue weighted by atomic mass is 19.4. The summed E-state index contributed by atoms with van der Waals surface area (Å²) < 4.78 is 37.6. The molecule has 0 fully saturated rings. The Hall–Kier alpha value is -1.04. The zero-order valence-electron chi connectivity index (χ0n) is 8.54. The lowest BCUT2D eigenvalue weighted by Crippen LogP contribution is -2.21. The van der Waals surface area contributed by atoms with Crippen molar-refractivity contribution in [2.75, 3.05) is 0 Å². The summed E-state index contributed by atoms with van der Waals surface area (Å²) in [6.07, 6.45) is -2.79. The van der Waals surface area contributed by atoms with E-state index in [-0.39, 0.29) is 6.54 Å². The first kappa shape index (κ1) is 12.0. The molecule has 0 aliphatic carbocycles. The summed E-state index contributed by atoms with van der Waals surface area (Å²) in [4.78, 5) is 0. The molecule has 1 rings (SSSR count). The second kappa shape index (κ2) is 3.84. The third kappa shape index (κ3) is 3.91. The summed E-state index contributed by atoms with van der Waals surface area (Å²) in [5.74, 6) is 0. The van der Waals surface area contributed by atoms with Crippen LogP contribution in [0, 0.1) is 0 Å². The average molecular weight is 222 g/mol. The molecule has 0 amide bonds. The first-order valence-electron chi connectivity index (χ1n) is 4.51. The summed E-state index contributed by atoms with van der Waals surface area (Å²) in [5.41, 5.74) is -1.80. The third-order valence-corrected chi connectivity index (χ3v) is 1.88. The quantitative estimate of drug-likeness (QED) is 0.850. The fourth-order valence-corrected chi connectivity index (χ4v) is 1.03. The van der Waals surface area contributed by atoms with Gasteiger partial charge in [0.25, 0.3) is 0 Å². The molecule has 1 N–H and O–H groups in total. The molecule has 3 nitrogen and oxygen atoms in total. The molecule has 0 aliphatic rings. The van der Waals surface area contributed by atoms with Gasteiger partial charge < -0.3 is 5.11 Å². The van der Waals surface area contributed by atoms with Crippen molar-refractivity contribution in [3.8, 4) is 0 Å². The summed E-state index contributed by atoms with van der Waals surface area (Å²) in [5, 5.41) is 12.7. The predicted molar refractivity (Wildman–Crippen MR) is 48.1 cm³/mol. The summed E-state index contributed by atoms with van der Waals surface area (Å²) in [6, 6.07) is 0.921. The van der Waals surface area contributed by atoms with Gasteiger partial charge in [-0.2, -0.15) is 18.3 Å². The monoisotopic (exact) mass is 222 g/mol. The van der Waals surface area contributed by atoms with Gasteiger partial charge in [0, 0.05) is 12.7 Å². The van der Waals surface area contributed by atoms with Crippen LogP contribution < -0.4 is 0 Å². The van der Waals surface area contributed by atoms with Gasteiger partial charge in [-0.1, -0.05) is 0 Å². The molecule has 1 heterocycles. The normalized spacial score (nSPS) is 13.2. The first-order valence-corrected chi connectivity index (χ1v) is 4.51. The van der Waals surface area contributed by atoms with Crippen molar-refractivity contribution < 1.29 is 18.3 Å². The Morgan fingerprint density at radius 1 is 1.40 bits per heavy atom. The highest BCUT2D eigenvalue weighted by Crippen LogP contribution is 2.27. The Morgan fingerprint density at radius 3 is 2.40 bits per heavy atom. The van der Waals surface area contributed by atoms with Crippen LogP contribution in [0.25, 0.3) is 0 Å². The maximum Gasteiger partial charge on any atom is 0.435 e. The Balaban J connectivity index is 2.62. The van der Waals surface area contributed by atoms with Crippen LogP contribution in [-0.2, 0) is 12.7 Å². The first-order chi connectivity index (χ1) is 6.68. The van der Waals surface area contributed by atoms with E-state index in [1.54, 1.807) is 13.8 Å². The van der Waals surface area contributed by atoms with Gasteiger partial charge >= 0.3 is 6.18 Å². The Morgan fingerprint density at radius 2 is 2.00 bits per heavy atom. The second-order valence-corrected chi connectivity index (χ2v) is 4.02. The molecule has 0 saturated heterocycles. The van der Waals surface area contributed by atoms with Crippen molar-refractivity contribution in [2.24, 2.45) is 0 Å². The van der Waals surface area contributed by atoms with Crippen LogP contribution in [0.1, 0.15) is 26.0 Å². The molecule has 0 aliphatic heterocycles. The number of halogens is 3. The van der Waals surface area contributed by atoms with E-state index in [1.807, 2.05) is 0 Å². The van der Waals surface area contributed by atoms with E-state index in [9.17, 15) is 18.3 Å². The van der Waals surface area contributed by atoms with Gasteiger partial charge in [0.15, 0.2) is 5.69 Å². The van der Waals surface area contributed by atoms with Gasteiger partial charge in [-0.3, -0.25) is 4.68 Å². The van der Waals surface area contributed by atoms with Gasteiger partial charge in [0.05, 0.1) is 5.60 Å². The van der Waals surface area contributed by atoms with E-state index in [4.69, 9.17) is 0 Å². The maximum atomic E-state index is 12.2. The zero-order chi connectivity index (χ0) is 11.7. The largest absolute Gasteiger partial charge is 0.435 e. The minimum Gasteiger partial charge on any atom is -0.390 e. The van der Waals surface area contributed by atoms with Gasteiger partial charge in [0.1, 0.15) is 0 Å². The highest BCUT2D eigenvalue weighted by molar-refractivity contribution is 5.03. The fraction of sp³-hybridized carbons (Fsp3) is 0.667. The van der Waals surface area contributed by atoms with Crippen LogP contribution in [0.15, 0.2) is 12.3 Å². The minimum atomic E-state index is -4.40. The topological polar surface area (TPSA) is 38.0 Å². The van der Waals surface area contributed by atoms with Crippen molar-refractivity contribution in [3.05, 3.63) is 18.0 Å². The van der Waals surface area contributed by atoms with Gasteiger partial charge in [0.2, 0.25) is 0 Å². The van der Waals surface area contributed by atoms with Gasteiger partial charge in [-0.25, -0.2) is 0 Å². The van der Waals surface area contributed by atoms with E-state index >= 15 is 0 Å². The van der Waals surface area contributed by atoms with E-state index in [0.29, 0.717) is 6.42 Å². The number of hydrogen-bond donors (Lipinski definition) is 1. The van der Waals surface area contributed by atoms with Crippen LogP contribution in [-0.4, -0.2) is 20.5 Å². The average Bonchev–Trinajstić information content (AvgIpc) is 2.45. The van der Waals surface area contributed by atoms with E-state index < -0.39 is 17.5 Å². The standard InChI is InChI=1S/C9H13F3N2O/c1-8(2,15)4-6-14-5-3-7(13-14)9(10,11)12/h3,5,15H,4,6H2,1-2H3. The van der Waals surface area contributed by atoms with E-state index in [2.05, 4.69) is 5.10 Å². The molecule has 0 unspecified atom stereocenters. The molecular formula is C9H13F3N2O. The lowest BCUT2D eigenvalue weighted by atomic mass is 10.1. The predicted octanol–water partition coefficient (Wildman–Crippen LogP) is 2.06. The van der Waals surface area contributed by atoms with Crippen molar-refractivity contribution in [1.29, 1.82) is 0 Å². The number of alkyl halides is 3. The number of aliphatic hydroxyl groups is 1. The smallest absolute Gasteiger partial charge is 0.390 e. The molecule has 0 saturated carbocycles. The van der Waals surface area contributed by atoms with Gasteiger partial charge in [-0.05, 0) is 26.3 Å². The van der Waals surface area contributed by atoms with Crippen LogP contribution in [0.5, 0.6) is 0 Å². The molecule has 0 aromatic carbocycles. The molecular weight excluding hydrogens is 209 g/mol. The number of nitrogens with zero attached hydrogens (tertiary/aromatic N) is 2. The third-order valence-electron chi connectivity index (χ3n) is 1.88. The summed E-state index contributed by atoms with van der Waals surface area (Å²) in [6.45, 7) is 3.46. The van der Waals surface area contributed by atoms with Crippen LogP contribution in [0.4, 0.5) is 13.2 Å². The Kier molecular flexibility index (Phi) is 3.08. The highest BCUT2D eigenvalue weighted by Gasteiger charge is 2.33. The number of aryl methyl sites for hydroxylation is 1.